The van der Waals surface area contributed by atoms with E-state index < -0.39 is 0 Å². The number of aromatic nitrogens is 2. The van der Waals surface area contributed by atoms with Crippen molar-refractivity contribution >= 4 is 17.2 Å². The Morgan fingerprint density at radius 3 is 2.82 bits per heavy atom. The second kappa shape index (κ2) is 5.27. The smallest absolute Gasteiger partial charge is 0.128 e. The summed E-state index contributed by atoms with van der Waals surface area (Å²) in [5.74, 6) is 0.998. The molecule has 4 heteroatoms. The largest absolute Gasteiger partial charge is 0.353 e. The molecule has 0 saturated heterocycles. The van der Waals surface area contributed by atoms with Crippen LogP contribution in [0.4, 0.5) is 5.82 Å². The highest BCUT2D eigenvalue weighted by atomic mass is 32.1. The standard InChI is InChI=1S/C13H17N3S/c1-4-11-8-14-13(17-11)9-16(3)12-7-5-6-10(2)15-12/h5-8H,4,9H2,1-3H3. The van der Waals surface area contributed by atoms with Crippen molar-refractivity contribution < 1.29 is 0 Å². The Morgan fingerprint density at radius 1 is 1.35 bits per heavy atom. The van der Waals surface area contributed by atoms with Gasteiger partial charge in [-0.15, -0.1) is 11.3 Å². The predicted molar refractivity (Wildman–Crippen MR) is 72.6 cm³/mol. The summed E-state index contributed by atoms with van der Waals surface area (Å²) in [4.78, 5) is 12.4. The van der Waals surface area contributed by atoms with Gasteiger partial charge in [0.1, 0.15) is 10.8 Å². The van der Waals surface area contributed by atoms with Crippen LogP contribution in [-0.2, 0) is 13.0 Å². The number of hydrogen-bond donors (Lipinski definition) is 0. The highest BCUT2D eigenvalue weighted by Crippen LogP contribution is 2.17. The van der Waals surface area contributed by atoms with Crippen LogP contribution >= 0.6 is 11.3 Å². The van der Waals surface area contributed by atoms with E-state index in [1.54, 1.807) is 11.3 Å². The minimum atomic E-state index is 0.821. The average Bonchev–Trinajstić information content (AvgIpc) is 2.77. The molecule has 0 spiro atoms. The maximum atomic E-state index is 4.50. The Bertz CT molecular complexity index is 493. The monoisotopic (exact) mass is 247 g/mol. The van der Waals surface area contributed by atoms with Gasteiger partial charge in [-0.25, -0.2) is 9.97 Å². The summed E-state index contributed by atoms with van der Waals surface area (Å²) in [5.41, 5.74) is 1.04. The van der Waals surface area contributed by atoms with Crippen LogP contribution in [0, 0.1) is 6.92 Å². The molecule has 2 rings (SSSR count). The van der Waals surface area contributed by atoms with Crippen LogP contribution in [0.15, 0.2) is 24.4 Å². The van der Waals surface area contributed by atoms with Crippen molar-refractivity contribution in [1.29, 1.82) is 0 Å². The van der Waals surface area contributed by atoms with E-state index in [1.165, 1.54) is 4.88 Å². The summed E-state index contributed by atoms with van der Waals surface area (Å²) in [6.07, 6.45) is 3.03. The lowest BCUT2D eigenvalue weighted by molar-refractivity contribution is 0.882. The molecule has 3 nitrogen and oxygen atoms in total. The summed E-state index contributed by atoms with van der Waals surface area (Å²) in [7, 11) is 2.05. The van der Waals surface area contributed by atoms with E-state index in [9.17, 15) is 0 Å². The van der Waals surface area contributed by atoms with Crippen molar-refractivity contribution in [3.05, 3.63) is 40.0 Å². The summed E-state index contributed by atoms with van der Waals surface area (Å²) >= 11 is 1.78. The van der Waals surface area contributed by atoms with Crippen LogP contribution < -0.4 is 4.90 Å². The van der Waals surface area contributed by atoms with Gasteiger partial charge in [-0.3, -0.25) is 0 Å². The van der Waals surface area contributed by atoms with Gasteiger partial charge >= 0.3 is 0 Å². The summed E-state index contributed by atoms with van der Waals surface area (Å²) < 4.78 is 0. The Balaban J connectivity index is 2.08. The third-order valence-corrected chi connectivity index (χ3v) is 3.71. The first-order valence-electron chi connectivity index (χ1n) is 5.77. The number of anilines is 1. The molecular weight excluding hydrogens is 230 g/mol. The molecule has 0 fully saturated rings. The van der Waals surface area contributed by atoms with Gasteiger partial charge in [0, 0.05) is 23.8 Å². The number of aryl methyl sites for hydroxylation is 2. The Hall–Kier alpha value is -1.42. The molecule has 17 heavy (non-hydrogen) atoms. The lowest BCUT2D eigenvalue weighted by Gasteiger charge is -2.16. The Kier molecular flexibility index (Phi) is 3.74. The highest BCUT2D eigenvalue weighted by molar-refractivity contribution is 7.11. The van der Waals surface area contributed by atoms with Crippen molar-refractivity contribution in [2.75, 3.05) is 11.9 Å². The third-order valence-electron chi connectivity index (χ3n) is 2.59. The zero-order chi connectivity index (χ0) is 12.3. The Labute approximate surface area is 106 Å². The number of hydrogen-bond acceptors (Lipinski definition) is 4. The minimum Gasteiger partial charge on any atom is -0.353 e. The fraction of sp³-hybridized carbons (Fsp3) is 0.385. The minimum absolute atomic E-state index is 0.821. The van der Waals surface area contributed by atoms with Gasteiger partial charge in [-0.1, -0.05) is 13.0 Å². The van der Waals surface area contributed by atoms with E-state index >= 15 is 0 Å². The van der Waals surface area contributed by atoms with Crippen molar-refractivity contribution in [3.8, 4) is 0 Å². The molecule has 0 amide bonds. The maximum Gasteiger partial charge on any atom is 0.128 e. The SMILES string of the molecule is CCc1cnc(CN(C)c2cccc(C)n2)s1. The van der Waals surface area contributed by atoms with Crippen LogP contribution in [0.2, 0.25) is 0 Å². The third kappa shape index (κ3) is 3.03. The van der Waals surface area contributed by atoms with Crippen molar-refractivity contribution in [3.63, 3.8) is 0 Å². The van der Waals surface area contributed by atoms with Gasteiger partial charge in [0.15, 0.2) is 0 Å². The van der Waals surface area contributed by atoms with E-state index in [-0.39, 0.29) is 0 Å². The molecular formula is C13H17N3S. The molecule has 0 radical (unpaired) electrons. The van der Waals surface area contributed by atoms with Gasteiger partial charge in [-0.05, 0) is 25.5 Å². The zero-order valence-corrected chi connectivity index (χ0v) is 11.3. The second-order valence-electron chi connectivity index (χ2n) is 4.07. The van der Waals surface area contributed by atoms with Crippen LogP contribution in [0.3, 0.4) is 0 Å². The van der Waals surface area contributed by atoms with Crippen LogP contribution in [0.1, 0.15) is 22.5 Å². The van der Waals surface area contributed by atoms with Crippen LogP contribution in [0.25, 0.3) is 0 Å². The van der Waals surface area contributed by atoms with Crippen molar-refractivity contribution in [1.82, 2.24) is 9.97 Å². The van der Waals surface area contributed by atoms with Crippen molar-refractivity contribution in [2.45, 2.75) is 26.8 Å². The molecule has 2 heterocycles. The van der Waals surface area contributed by atoms with Crippen LogP contribution in [0.5, 0.6) is 0 Å². The van der Waals surface area contributed by atoms with E-state index in [0.717, 1.165) is 29.5 Å². The molecule has 0 aromatic carbocycles. The molecule has 0 aliphatic heterocycles. The highest BCUT2D eigenvalue weighted by Gasteiger charge is 2.06. The average molecular weight is 247 g/mol. The van der Waals surface area contributed by atoms with E-state index in [4.69, 9.17) is 0 Å². The van der Waals surface area contributed by atoms with Crippen LogP contribution in [-0.4, -0.2) is 17.0 Å². The first kappa shape index (κ1) is 12.0. The predicted octanol–water partition coefficient (Wildman–Crippen LogP) is 3.05. The lowest BCUT2D eigenvalue weighted by Crippen LogP contribution is -2.17. The summed E-state index contributed by atoms with van der Waals surface area (Å²) in [6.45, 7) is 4.99. The van der Waals surface area contributed by atoms with Gasteiger partial charge in [0.05, 0.1) is 6.54 Å². The van der Waals surface area contributed by atoms with Gasteiger partial charge in [-0.2, -0.15) is 0 Å². The van der Waals surface area contributed by atoms with Gasteiger partial charge in [0.2, 0.25) is 0 Å². The molecule has 0 bridgehead atoms. The molecule has 0 atom stereocenters. The molecule has 90 valence electrons. The number of rotatable bonds is 4. The summed E-state index contributed by atoms with van der Waals surface area (Å²) in [5, 5.41) is 1.15. The molecule has 0 saturated carbocycles. The van der Waals surface area contributed by atoms with E-state index in [2.05, 4.69) is 28.8 Å². The van der Waals surface area contributed by atoms with Gasteiger partial charge < -0.3 is 4.90 Å². The quantitative estimate of drug-likeness (QED) is 0.831. The fourth-order valence-corrected chi connectivity index (χ4v) is 2.53. The first-order chi connectivity index (χ1) is 8.19. The zero-order valence-electron chi connectivity index (χ0n) is 10.5. The van der Waals surface area contributed by atoms with E-state index in [0.29, 0.717) is 0 Å². The maximum absolute atomic E-state index is 4.50. The molecule has 0 aliphatic rings. The topological polar surface area (TPSA) is 29.0 Å². The van der Waals surface area contributed by atoms with Crippen molar-refractivity contribution in [2.24, 2.45) is 0 Å². The number of pyridine rings is 1. The fourth-order valence-electron chi connectivity index (χ4n) is 1.61. The molecule has 0 unspecified atom stereocenters. The van der Waals surface area contributed by atoms with Gasteiger partial charge in [0.25, 0.3) is 0 Å². The summed E-state index contributed by atoms with van der Waals surface area (Å²) in [6, 6.07) is 6.07. The molecule has 2 aromatic heterocycles. The number of nitrogens with zero attached hydrogens (tertiary/aromatic N) is 3. The number of thiazole rings is 1. The second-order valence-corrected chi connectivity index (χ2v) is 5.27. The normalized spacial score (nSPS) is 10.5. The molecule has 0 aliphatic carbocycles. The first-order valence-corrected chi connectivity index (χ1v) is 6.59. The van der Waals surface area contributed by atoms with E-state index in [1.807, 2.05) is 31.3 Å². The molecule has 0 N–H and O–H groups in total. The lowest BCUT2D eigenvalue weighted by atomic mass is 10.3. The Morgan fingerprint density at radius 2 is 2.18 bits per heavy atom. The molecule has 2 aromatic rings.